The van der Waals surface area contributed by atoms with Crippen LogP contribution >= 0.6 is 11.6 Å². The Labute approximate surface area is 188 Å². The number of nitrogens with zero attached hydrogens (tertiary/aromatic N) is 1. The molecule has 8 nitrogen and oxygen atoms in total. The molecule has 0 heterocycles. The van der Waals surface area contributed by atoms with Crippen LogP contribution in [0.25, 0.3) is 0 Å². The zero-order valence-electron chi connectivity index (χ0n) is 18.0. The number of amides is 1. The van der Waals surface area contributed by atoms with Crippen LogP contribution in [-0.4, -0.2) is 48.7 Å². The first kappa shape index (κ1) is 24.6. The first-order valence-electron chi connectivity index (χ1n) is 9.63. The maximum atomic E-state index is 13.6. The summed E-state index contributed by atoms with van der Waals surface area (Å²) in [5, 5.41) is 3.04. The van der Waals surface area contributed by atoms with Crippen molar-refractivity contribution in [2.45, 2.75) is 24.7 Å². The Morgan fingerprint density at radius 1 is 1.00 bits per heavy atom. The van der Waals surface area contributed by atoms with Gasteiger partial charge in [0.05, 0.1) is 31.9 Å². The van der Waals surface area contributed by atoms with Gasteiger partial charge in [-0.1, -0.05) is 24.9 Å². The van der Waals surface area contributed by atoms with Crippen molar-refractivity contribution in [3.8, 4) is 17.2 Å². The summed E-state index contributed by atoms with van der Waals surface area (Å²) in [6, 6.07) is 8.78. The highest BCUT2D eigenvalue weighted by atomic mass is 35.5. The maximum absolute atomic E-state index is 13.6. The third-order valence-electron chi connectivity index (χ3n) is 4.49. The predicted octanol–water partition coefficient (Wildman–Crippen LogP) is 3.48. The minimum Gasteiger partial charge on any atom is -0.495 e. The van der Waals surface area contributed by atoms with Crippen LogP contribution in [0.1, 0.15) is 19.8 Å². The van der Waals surface area contributed by atoms with Crippen LogP contribution in [0.5, 0.6) is 17.2 Å². The summed E-state index contributed by atoms with van der Waals surface area (Å²) in [6.45, 7) is 2.00. The molecule has 0 aliphatic heterocycles. The van der Waals surface area contributed by atoms with E-state index in [0.717, 1.165) is 17.1 Å². The minimum atomic E-state index is -4.19. The number of carbonyl (C=O) groups excluding carboxylic acids is 1. The predicted molar refractivity (Wildman–Crippen MR) is 120 cm³/mol. The van der Waals surface area contributed by atoms with Gasteiger partial charge < -0.3 is 19.5 Å². The number of carbonyl (C=O) groups is 1. The number of ether oxygens (including phenoxy) is 3. The van der Waals surface area contributed by atoms with Gasteiger partial charge in [0, 0.05) is 17.6 Å². The molecule has 0 aliphatic rings. The number of halogens is 1. The van der Waals surface area contributed by atoms with Gasteiger partial charge in [-0.25, -0.2) is 8.42 Å². The zero-order valence-corrected chi connectivity index (χ0v) is 19.5. The molecule has 31 heavy (non-hydrogen) atoms. The van der Waals surface area contributed by atoms with Gasteiger partial charge in [-0.15, -0.1) is 0 Å². The van der Waals surface area contributed by atoms with Crippen molar-refractivity contribution < 1.29 is 27.4 Å². The van der Waals surface area contributed by atoms with Gasteiger partial charge in [-0.2, -0.15) is 0 Å². The molecular weight excluding hydrogens is 444 g/mol. The van der Waals surface area contributed by atoms with Gasteiger partial charge >= 0.3 is 0 Å². The van der Waals surface area contributed by atoms with E-state index in [-0.39, 0.29) is 22.1 Å². The minimum absolute atomic E-state index is 0.0754. The fourth-order valence-corrected chi connectivity index (χ4v) is 4.46. The Balaban J connectivity index is 2.56. The van der Waals surface area contributed by atoms with E-state index in [1.54, 1.807) is 12.1 Å². The number of benzene rings is 2. The quantitative estimate of drug-likeness (QED) is 0.505. The molecule has 10 heteroatoms. The second-order valence-electron chi connectivity index (χ2n) is 6.55. The van der Waals surface area contributed by atoms with Gasteiger partial charge in [-0.05, 0) is 36.8 Å². The lowest BCUT2D eigenvalue weighted by Crippen LogP contribution is -2.41. The molecule has 170 valence electrons. The van der Waals surface area contributed by atoms with E-state index in [4.69, 9.17) is 25.8 Å². The van der Waals surface area contributed by atoms with E-state index in [9.17, 15) is 13.2 Å². The van der Waals surface area contributed by atoms with Crippen LogP contribution in [0.3, 0.4) is 0 Å². The van der Waals surface area contributed by atoms with Crippen molar-refractivity contribution in [2.75, 3.05) is 38.7 Å². The summed E-state index contributed by atoms with van der Waals surface area (Å²) in [4.78, 5) is 12.5. The average Bonchev–Trinajstić information content (AvgIpc) is 2.76. The number of anilines is 1. The smallest absolute Gasteiger partial charge is 0.265 e. The van der Waals surface area contributed by atoms with Crippen LogP contribution < -0.4 is 23.8 Å². The lowest BCUT2D eigenvalue weighted by Gasteiger charge is -2.26. The summed E-state index contributed by atoms with van der Waals surface area (Å²) < 4.78 is 43.9. The number of nitrogens with one attached hydrogen (secondary N) is 1. The van der Waals surface area contributed by atoms with E-state index >= 15 is 0 Å². The normalized spacial score (nSPS) is 11.0. The standard InChI is InChI=1S/C21H27ClN2O6S/c1-5-6-11-23-21(25)14-24(17-12-15(22)7-9-18(17)28-2)31(26,27)16-8-10-19(29-3)20(13-16)30-4/h7-10,12-13H,5-6,11,14H2,1-4H3,(H,23,25). The molecule has 0 saturated carbocycles. The number of hydrogen-bond donors (Lipinski definition) is 1. The van der Waals surface area contributed by atoms with Gasteiger partial charge in [-0.3, -0.25) is 9.10 Å². The van der Waals surface area contributed by atoms with E-state index in [1.807, 2.05) is 6.92 Å². The fourth-order valence-electron chi connectivity index (χ4n) is 2.85. The Morgan fingerprint density at radius 2 is 1.65 bits per heavy atom. The first-order chi connectivity index (χ1) is 14.8. The average molecular weight is 471 g/mol. The molecule has 0 aliphatic carbocycles. The molecule has 0 saturated heterocycles. The molecule has 0 aromatic heterocycles. The molecular formula is C21H27ClN2O6S. The number of methoxy groups -OCH3 is 3. The van der Waals surface area contributed by atoms with Crippen molar-refractivity contribution in [1.29, 1.82) is 0 Å². The molecule has 0 atom stereocenters. The van der Waals surface area contributed by atoms with Gasteiger partial charge in [0.1, 0.15) is 12.3 Å². The van der Waals surface area contributed by atoms with Crippen LogP contribution in [-0.2, 0) is 14.8 Å². The van der Waals surface area contributed by atoms with Crippen molar-refractivity contribution >= 4 is 33.2 Å². The third-order valence-corrected chi connectivity index (χ3v) is 6.48. The van der Waals surface area contributed by atoms with Crippen molar-refractivity contribution in [2.24, 2.45) is 0 Å². The van der Waals surface area contributed by atoms with E-state index in [0.29, 0.717) is 17.3 Å². The largest absolute Gasteiger partial charge is 0.495 e. The highest BCUT2D eigenvalue weighted by Gasteiger charge is 2.30. The fraction of sp³-hybridized carbons (Fsp3) is 0.381. The van der Waals surface area contributed by atoms with E-state index < -0.39 is 22.5 Å². The van der Waals surface area contributed by atoms with Crippen LogP contribution in [0.15, 0.2) is 41.3 Å². The lowest BCUT2D eigenvalue weighted by atomic mass is 10.3. The molecule has 2 aromatic rings. The Bertz CT molecular complexity index is 1010. The monoisotopic (exact) mass is 470 g/mol. The number of unbranched alkanes of at least 4 members (excludes halogenated alkanes) is 1. The number of rotatable bonds is 11. The van der Waals surface area contributed by atoms with Crippen LogP contribution in [0.2, 0.25) is 5.02 Å². The summed E-state index contributed by atoms with van der Waals surface area (Å²) in [5.74, 6) is 0.439. The van der Waals surface area contributed by atoms with Gasteiger partial charge in [0.25, 0.3) is 10.0 Å². The molecule has 0 spiro atoms. The molecule has 0 fully saturated rings. The topological polar surface area (TPSA) is 94.2 Å². The van der Waals surface area contributed by atoms with E-state index in [2.05, 4.69) is 5.32 Å². The lowest BCUT2D eigenvalue weighted by molar-refractivity contribution is -0.119. The zero-order chi connectivity index (χ0) is 23.0. The van der Waals surface area contributed by atoms with Gasteiger partial charge in [0.2, 0.25) is 5.91 Å². The molecule has 2 rings (SSSR count). The van der Waals surface area contributed by atoms with Crippen LogP contribution in [0, 0.1) is 0 Å². The molecule has 2 aromatic carbocycles. The molecule has 0 unspecified atom stereocenters. The summed E-state index contributed by atoms with van der Waals surface area (Å²) in [7, 11) is 0.0876. The molecule has 1 N–H and O–H groups in total. The maximum Gasteiger partial charge on any atom is 0.265 e. The second-order valence-corrected chi connectivity index (χ2v) is 8.85. The van der Waals surface area contributed by atoms with E-state index in [1.165, 1.54) is 45.6 Å². The number of sulfonamides is 1. The summed E-state index contributed by atoms with van der Waals surface area (Å²) in [6.07, 6.45) is 1.69. The van der Waals surface area contributed by atoms with Gasteiger partial charge in [0.15, 0.2) is 11.5 Å². The van der Waals surface area contributed by atoms with Crippen molar-refractivity contribution in [3.05, 3.63) is 41.4 Å². The van der Waals surface area contributed by atoms with Crippen molar-refractivity contribution in [1.82, 2.24) is 5.32 Å². The summed E-state index contributed by atoms with van der Waals surface area (Å²) >= 11 is 6.13. The Morgan fingerprint density at radius 3 is 2.26 bits per heavy atom. The summed E-state index contributed by atoms with van der Waals surface area (Å²) in [5.41, 5.74) is 0.149. The molecule has 1 amide bonds. The number of hydrogen-bond acceptors (Lipinski definition) is 6. The Kier molecular flexibility index (Phi) is 8.82. The molecule has 0 bridgehead atoms. The Hall–Kier alpha value is -2.65. The third kappa shape index (κ3) is 5.95. The first-order valence-corrected chi connectivity index (χ1v) is 11.4. The molecule has 0 radical (unpaired) electrons. The van der Waals surface area contributed by atoms with Crippen molar-refractivity contribution in [3.63, 3.8) is 0 Å². The highest BCUT2D eigenvalue weighted by Crippen LogP contribution is 2.36. The SMILES string of the molecule is CCCCNC(=O)CN(c1cc(Cl)ccc1OC)S(=O)(=O)c1ccc(OC)c(OC)c1. The highest BCUT2D eigenvalue weighted by molar-refractivity contribution is 7.92. The van der Waals surface area contributed by atoms with Crippen LogP contribution in [0.4, 0.5) is 5.69 Å². The second kappa shape index (κ2) is 11.1.